The van der Waals surface area contributed by atoms with Gasteiger partial charge >= 0.3 is 0 Å². The van der Waals surface area contributed by atoms with Crippen molar-refractivity contribution in [1.29, 1.82) is 0 Å². The summed E-state index contributed by atoms with van der Waals surface area (Å²) in [5.41, 5.74) is 10.4. The van der Waals surface area contributed by atoms with Gasteiger partial charge in [-0.2, -0.15) is 0 Å². The summed E-state index contributed by atoms with van der Waals surface area (Å²) in [6.07, 6.45) is 2.62. The molecule has 2 aliphatic rings. The summed E-state index contributed by atoms with van der Waals surface area (Å²) in [7, 11) is 0. The van der Waals surface area contributed by atoms with Gasteiger partial charge in [0.2, 0.25) is 5.91 Å². The third-order valence-electron chi connectivity index (χ3n) is 6.95. The van der Waals surface area contributed by atoms with Crippen molar-refractivity contribution in [3.8, 4) is 11.5 Å². The van der Waals surface area contributed by atoms with Crippen LogP contribution in [0.3, 0.4) is 0 Å². The number of carbonyl (C=O) groups is 2. The Hall–Kier alpha value is -4.23. The molecular formula is C29H24ClN3O4. The van der Waals surface area contributed by atoms with Gasteiger partial charge in [0.25, 0.3) is 5.91 Å². The Morgan fingerprint density at radius 2 is 1.89 bits per heavy atom. The molecule has 1 atom stereocenters. The average molecular weight is 514 g/mol. The van der Waals surface area contributed by atoms with Crippen LogP contribution in [0.5, 0.6) is 11.5 Å². The molecule has 6 rings (SSSR count). The summed E-state index contributed by atoms with van der Waals surface area (Å²) in [6.45, 7) is 0.631. The van der Waals surface area contributed by atoms with E-state index in [1.165, 1.54) is 4.90 Å². The maximum absolute atomic E-state index is 13.4. The van der Waals surface area contributed by atoms with Crippen LogP contribution in [0, 0.1) is 0 Å². The first-order valence-electron chi connectivity index (χ1n) is 12.1. The number of nitrogens with two attached hydrogens (primary N) is 1. The van der Waals surface area contributed by atoms with Gasteiger partial charge in [0.1, 0.15) is 18.1 Å². The standard InChI is InChI=1S/C29H24ClN3O4/c30-19-7-5-17(6-8-19)16-36-20-9-10-22-23-14-26(34)33(29(35)27(23)28(31)37-25(22)13-20)12-11-18-15-32-24-4-2-1-3-21(18)24/h1-10,13,15,23,32H,11-12,14,16,31H2. The number of amides is 2. The van der Waals surface area contributed by atoms with Gasteiger partial charge in [0.15, 0.2) is 5.88 Å². The van der Waals surface area contributed by atoms with E-state index in [9.17, 15) is 9.59 Å². The highest BCUT2D eigenvalue weighted by molar-refractivity contribution is 6.30. The minimum Gasteiger partial charge on any atom is -0.489 e. The lowest BCUT2D eigenvalue weighted by Crippen LogP contribution is -2.47. The molecule has 4 aromatic rings. The molecule has 7 nitrogen and oxygen atoms in total. The smallest absolute Gasteiger partial charge is 0.262 e. The number of piperidine rings is 1. The molecule has 1 aromatic heterocycles. The fourth-order valence-electron chi connectivity index (χ4n) is 5.04. The number of hydrogen-bond donors (Lipinski definition) is 2. The Bertz CT molecular complexity index is 1560. The number of nitrogens with one attached hydrogen (secondary N) is 1. The maximum atomic E-state index is 13.4. The van der Waals surface area contributed by atoms with Crippen LogP contribution in [0.25, 0.3) is 10.9 Å². The van der Waals surface area contributed by atoms with Crippen LogP contribution in [0.4, 0.5) is 0 Å². The van der Waals surface area contributed by atoms with Crippen molar-refractivity contribution in [2.24, 2.45) is 5.73 Å². The second-order valence-corrected chi connectivity index (χ2v) is 9.65. The number of hydrogen-bond acceptors (Lipinski definition) is 5. The van der Waals surface area contributed by atoms with E-state index in [4.69, 9.17) is 26.8 Å². The van der Waals surface area contributed by atoms with Gasteiger partial charge < -0.3 is 20.2 Å². The Labute approximate surface area is 218 Å². The molecule has 186 valence electrons. The molecule has 1 fully saturated rings. The largest absolute Gasteiger partial charge is 0.489 e. The van der Waals surface area contributed by atoms with Crippen LogP contribution in [-0.4, -0.2) is 28.2 Å². The van der Waals surface area contributed by atoms with Crippen LogP contribution in [-0.2, 0) is 22.6 Å². The van der Waals surface area contributed by atoms with E-state index in [0.717, 1.165) is 27.6 Å². The molecule has 0 bridgehead atoms. The molecule has 0 spiro atoms. The van der Waals surface area contributed by atoms with Gasteiger partial charge in [-0.05, 0) is 41.8 Å². The van der Waals surface area contributed by atoms with E-state index in [0.29, 0.717) is 35.1 Å². The predicted molar refractivity (Wildman–Crippen MR) is 140 cm³/mol. The molecular weight excluding hydrogens is 490 g/mol. The third-order valence-corrected chi connectivity index (χ3v) is 7.20. The molecule has 2 amide bonds. The first-order chi connectivity index (χ1) is 18.0. The maximum Gasteiger partial charge on any atom is 0.262 e. The second kappa shape index (κ2) is 9.33. The number of nitrogens with zero attached hydrogens (tertiary/aromatic N) is 1. The Morgan fingerprint density at radius 3 is 2.73 bits per heavy atom. The summed E-state index contributed by atoms with van der Waals surface area (Å²) in [5, 5.41) is 1.75. The van der Waals surface area contributed by atoms with E-state index in [2.05, 4.69) is 4.98 Å². The van der Waals surface area contributed by atoms with Gasteiger partial charge in [-0.25, -0.2) is 0 Å². The van der Waals surface area contributed by atoms with E-state index < -0.39 is 11.8 Å². The molecule has 0 radical (unpaired) electrons. The first kappa shape index (κ1) is 23.2. The number of ether oxygens (including phenoxy) is 2. The van der Waals surface area contributed by atoms with Crippen molar-refractivity contribution < 1.29 is 19.1 Å². The number of aromatic amines is 1. The fourth-order valence-corrected chi connectivity index (χ4v) is 5.16. The van der Waals surface area contributed by atoms with E-state index in [-0.39, 0.29) is 24.8 Å². The highest BCUT2D eigenvalue weighted by Crippen LogP contribution is 2.44. The lowest BCUT2D eigenvalue weighted by atomic mass is 9.82. The van der Waals surface area contributed by atoms with Crippen LogP contribution < -0.4 is 15.2 Å². The van der Waals surface area contributed by atoms with E-state index >= 15 is 0 Å². The Morgan fingerprint density at radius 1 is 1.08 bits per heavy atom. The molecule has 0 aliphatic carbocycles. The Balaban J connectivity index is 1.19. The van der Waals surface area contributed by atoms with Crippen molar-refractivity contribution in [2.45, 2.75) is 25.4 Å². The Kier molecular flexibility index (Phi) is 5.85. The second-order valence-electron chi connectivity index (χ2n) is 9.21. The normalized spacial score (nSPS) is 17.0. The molecule has 1 unspecified atom stereocenters. The summed E-state index contributed by atoms with van der Waals surface area (Å²) >= 11 is 5.94. The number of para-hydroxylation sites is 1. The SMILES string of the molecule is NC1=C2C(=O)N(CCc3c[nH]c4ccccc34)C(=O)CC2c2ccc(OCc3ccc(Cl)cc3)cc2O1. The van der Waals surface area contributed by atoms with Crippen molar-refractivity contribution >= 4 is 34.3 Å². The monoisotopic (exact) mass is 513 g/mol. The number of carbonyl (C=O) groups excluding carboxylic acids is 2. The number of halogens is 1. The number of aromatic nitrogens is 1. The van der Waals surface area contributed by atoms with Crippen LogP contribution in [0.2, 0.25) is 5.02 Å². The summed E-state index contributed by atoms with van der Waals surface area (Å²) in [6, 6.07) is 20.8. The number of benzene rings is 3. The van der Waals surface area contributed by atoms with Crippen molar-refractivity contribution in [3.63, 3.8) is 0 Å². The third kappa shape index (κ3) is 4.32. The summed E-state index contributed by atoms with van der Waals surface area (Å²) in [4.78, 5) is 31.0. The molecule has 37 heavy (non-hydrogen) atoms. The molecule has 3 aromatic carbocycles. The van der Waals surface area contributed by atoms with Gasteiger partial charge in [-0.3, -0.25) is 14.5 Å². The lowest BCUT2D eigenvalue weighted by molar-refractivity contribution is -0.145. The minimum absolute atomic E-state index is 0.0296. The van der Waals surface area contributed by atoms with Crippen LogP contribution in [0.1, 0.15) is 29.0 Å². The zero-order valence-electron chi connectivity index (χ0n) is 19.9. The van der Waals surface area contributed by atoms with Gasteiger partial charge in [-0.15, -0.1) is 0 Å². The fraction of sp³-hybridized carbons (Fsp3) is 0.172. The van der Waals surface area contributed by atoms with Crippen LogP contribution in [0.15, 0.2) is 84.4 Å². The first-order valence-corrected chi connectivity index (χ1v) is 12.4. The number of rotatable bonds is 6. The summed E-state index contributed by atoms with van der Waals surface area (Å²) in [5.74, 6) is 0.0569. The quantitative estimate of drug-likeness (QED) is 0.352. The van der Waals surface area contributed by atoms with Crippen LogP contribution >= 0.6 is 11.6 Å². The van der Waals surface area contributed by atoms with E-state index in [1.54, 1.807) is 6.07 Å². The van der Waals surface area contributed by atoms with Crippen molar-refractivity contribution in [3.05, 3.63) is 106 Å². The molecule has 2 aliphatic heterocycles. The number of H-pyrrole nitrogens is 1. The average Bonchev–Trinajstić information content (AvgIpc) is 3.31. The molecule has 1 saturated heterocycles. The molecule has 3 N–H and O–H groups in total. The van der Waals surface area contributed by atoms with Gasteiger partial charge in [0, 0.05) is 52.6 Å². The highest BCUT2D eigenvalue weighted by atomic mass is 35.5. The lowest BCUT2D eigenvalue weighted by Gasteiger charge is -2.36. The van der Waals surface area contributed by atoms with Crippen molar-refractivity contribution in [1.82, 2.24) is 9.88 Å². The van der Waals surface area contributed by atoms with E-state index in [1.807, 2.05) is 66.9 Å². The zero-order valence-corrected chi connectivity index (χ0v) is 20.6. The van der Waals surface area contributed by atoms with Crippen molar-refractivity contribution in [2.75, 3.05) is 6.54 Å². The molecule has 3 heterocycles. The van der Waals surface area contributed by atoms with Gasteiger partial charge in [-0.1, -0.05) is 48.0 Å². The van der Waals surface area contributed by atoms with Gasteiger partial charge in [0.05, 0.1) is 5.57 Å². The predicted octanol–water partition coefficient (Wildman–Crippen LogP) is 5.05. The number of likely N-dealkylation sites (tertiary alicyclic amines) is 1. The molecule has 8 heteroatoms. The topological polar surface area (TPSA) is 97.7 Å². The highest BCUT2D eigenvalue weighted by Gasteiger charge is 2.43. The summed E-state index contributed by atoms with van der Waals surface area (Å²) < 4.78 is 11.8. The number of fused-ring (bicyclic) bond motifs is 4. The zero-order chi connectivity index (χ0) is 25.5. The number of imide groups is 1. The minimum atomic E-state index is -0.446. The molecule has 0 saturated carbocycles.